The van der Waals surface area contributed by atoms with Crippen LogP contribution in [0, 0.1) is 0 Å². The second-order valence-corrected chi connectivity index (χ2v) is 29.5. The molecule has 0 unspecified atom stereocenters. The molecule has 3 aliphatic rings. The van der Waals surface area contributed by atoms with Crippen LogP contribution in [0.4, 0.5) is 0 Å². The normalized spacial score (nSPS) is 20.8. The summed E-state index contributed by atoms with van der Waals surface area (Å²) < 4.78 is 4.65. The maximum absolute atomic E-state index is 3.05. The number of benzene rings is 2. The SMILES string of the molecule is CC1=[C]([Hf+2]2([C]3=C(C)C=C(c4ccccc4)C3)[C](C)(C)[C]2(C)C)CC(c2ccccc2)=C1.[Cl-].[Cl-]. The predicted molar refractivity (Wildman–Crippen MR) is 132 cm³/mol. The zero-order chi connectivity index (χ0) is 22.0. The number of hydrogen-bond donors (Lipinski definition) is 0. The largest absolute Gasteiger partial charge is 1.00 e. The molecule has 0 bridgehead atoms. The third-order valence-corrected chi connectivity index (χ3v) is 36.7. The molecule has 1 heterocycles. The molecule has 2 aromatic carbocycles. The van der Waals surface area contributed by atoms with Crippen molar-refractivity contribution in [3.8, 4) is 0 Å². The third-order valence-electron chi connectivity index (χ3n) is 9.04. The van der Waals surface area contributed by atoms with Gasteiger partial charge in [0, 0.05) is 0 Å². The zero-order valence-corrected chi connectivity index (χ0v) is 25.7. The monoisotopic (exact) mass is 644 g/mol. The van der Waals surface area contributed by atoms with Gasteiger partial charge in [-0.05, 0) is 0 Å². The second-order valence-electron chi connectivity index (χ2n) is 10.7. The van der Waals surface area contributed by atoms with Crippen molar-refractivity contribution in [1.82, 2.24) is 0 Å². The van der Waals surface area contributed by atoms with E-state index in [1.54, 1.807) is 11.1 Å². The molecule has 0 atom stereocenters. The van der Waals surface area contributed by atoms with Gasteiger partial charge in [-0.1, -0.05) is 0 Å². The van der Waals surface area contributed by atoms with Gasteiger partial charge >= 0.3 is 194 Å². The molecule has 0 aromatic heterocycles. The minimum atomic E-state index is -3.05. The molecule has 0 radical (unpaired) electrons. The Morgan fingerprint density at radius 2 is 0.909 bits per heavy atom. The van der Waals surface area contributed by atoms with Crippen LogP contribution < -0.4 is 24.8 Å². The van der Waals surface area contributed by atoms with E-state index in [0.717, 1.165) is 0 Å². The fraction of sp³-hybridized carbons (Fsp3) is 0.333. The molecule has 0 amide bonds. The van der Waals surface area contributed by atoms with Gasteiger partial charge in [-0.25, -0.2) is 0 Å². The van der Waals surface area contributed by atoms with Crippen LogP contribution in [0.2, 0.25) is 6.34 Å². The van der Waals surface area contributed by atoms with E-state index < -0.39 is 20.0 Å². The van der Waals surface area contributed by atoms with Crippen LogP contribution in [0.1, 0.15) is 65.5 Å². The van der Waals surface area contributed by atoms with Gasteiger partial charge in [0.1, 0.15) is 0 Å². The summed E-state index contributed by atoms with van der Waals surface area (Å²) in [6.07, 6.45) is 7.35. The van der Waals surface area contributed by atoms with Crippen molar-refractivity contribution >= 4 is 11.1 Å². The molecule has 1 fully saturated rings. The van der Waals surface area contributed by atoms with Crippen molar-refractivity contribution in [3.05, 3.63) is 102 Å². The Bertz CT molecular complexity index is 1080. The molecule has 0 saturated carbocycles. The summed E-state index contributed by atoms with van der Waals surface area (Å²) >= 11 is -3.05. The summed E-state index contributed by atoms with van der Waals surface area (Å²) in [7, 11) is 0. The molecule has 2 aliphatic carbocycles. The van der Waals surface area contributed by atoms with Gasteiger partial charge in [0.25, 0.3) is 0 Å². The van der Waals surface area contributed by atoms with Crippen molar-refractivity contribution < 1.29 is 44.8 Å². The van der Waals surface area contributed by atoms with E-state index in [0.29, 0.717) is 6.34 Å². The summed E-state index contributed by atoms with van der Waals surface area (Å²) in [6, 6.07) is 22.1. The van der Waals surface area contributed by atoms with Crippen molar-refractivity contribution in [3.63, 3.8) is 0 Å². The second kappa shape index (κ2) is 9.14. The zero-order valence-electron chi connectivity index (χ0n) is 20.6. The van der Waals surface area contributed by atoms with Crippen LogP contribution in [0.3, 0.4) is 0 Å². The van der Waals surface area contributed by atoms with Crippen LogP contribution >= 0.6 is 0 Å². The van der Waals surface area contributed by atoms with E-state index in [2.05, 4.69) is 114 Å². The van der Waals surface area contributed by atoms with Crippen LogP contribution in [0.25, 0.3) is 11.1 Å². The standard InChI is InChI=1S/2C12H11.C6H12.2ClH.Hf/c2*1-10-7-8-12(9-10)11-5-3-2-4-6-11;1-5(2)6(3)4;;;/h2*2-6,9H,8H2,1H3;1-4H3;2*1H;/q;;;;;+2/p-2. The molecular formula is C30H34Cl2Hf. The number of allylic oxidation sites excluding steroid dienone is 8. The van der Waals surface area contributed by atoms with E-state index in [1.807, 2.05) is 6.66 Å². The number of halogens is 2. The minimum absolute atomic E-state index is 0. The molecule has 33 heavy (non-hydrogen) atoms. The first-order chi connectivity index (χ1) is 14.7. The molecule has 172 valence electrons. The summed E-state index contributed by atoms with van der Waals surface area (Å²) in [6.45, 7) is 15.2. The molecule has 5 rings (SSSR count). The third kappa shape index (κ3) is 3.65. The molecule has 1 aliphatic heterocycles. The molecule has 0 N–H and O–H groups in total. The Labute approximate surface area is 217 Å². The molecule has 0 spiro atoms. The Kier molecular flexibility index (Phi) is 7.32. The maximum Gasteiger partial charge on any atom is -1.00 e. The van der Waals surface area contributed by atoms with Gasteiger partial charge in [0.2, 0.25) is 0 Å². The van der Waals surface area contributed by atoms with Gasteiger partial charge in [-0.2, -0.15) is 0 Å². The van der Waals surface area contributed by atoms with Crippen LogP contribution in [-0.2, 0) is 20.0 Å². The Morgan fingerprint density at radius 1 is 0.576 bits per heavy atom. The molecule has 2 aromatic rings. The summed E-state index contributed by atoms with van der Waals surface area (Å²) in [4.78, 5) is 0. The van der Waals surface area contributed by atoms with Crippen LogP contribution in [0.15, 0.2) is 90.6 Å². The Hall–Kier alpha value is -1.15. The van der Waals surface area contributed by atoms with Crippen LogP contribution in [0.5, 0.6) is 0 Å². The number of hydrogen-bond acceptors (Lipinski definition) is 0. The van der Waals surface area contributed by atoms with Gasteiger partial charge < -0.3 is 24.8 Å². The quantitative estimate of drug-likeness (QED) is 0.450. The first kappa shape index (κ1) is 26.5. The van der Waals surface area contributed by atoms with Gasteiger partial charge in [0.15, 0.2) is 0 Å². The fourth-order valence-corrected chi connectivity index (χ4v) is 40.3. The average Bonchev–Trinajstić information content (AvgIpc) is 3.17. The first-order valence-corrected chi connectivity index (χ1v) is 18.8. The predicted octanol–water partition coefficient (Wildman–Crippen LogP) is 3.08. The smallest absolute Gasteiger partial charge is 1.00 e. The minimum Gasteiger partial charge on any atom is -1.00 e. The van der Waals surface area contributed by atoms with E-state index in [9.17, 15) is 0 Å². The van der Waals surface area contributed by atoms with Crippen LogP contribution in [-0.4, -0.2) is 0 Å². The molecule has 3 heteroatoms. The van der Waals surface area contributed by atoms with Gasteiger partial charge in [0.05, 0.1) is 0 Å². The average molecular weight is 644 g/mol. The summed E-state index contributed by atoms with van der Waals surface area (Å²) in [5, 5.41) is 0. The molecule has 1 saturated heterocycles. The molecule has 0 nitrogen and oxygen atoms in total. The van der Waals surface area contributed by atoms with E-state index in [-0.39, 0.29) is 24.8 Å². The van der Waals surface area contributed by atoms with Gasteiger partial charge in [-0.3, -0.25) is 0 Å². The van der Waals surface area contributed by atoms with Crippen molar-refractivity contribution in [2.24, 2.45) is 0 Å². The summed E-state index contributed by atoms with van der Waals surface area (Å²) in [5.41, 5.74) is 9.01. The number of rotatable bonds is 4. The van der Waals surface area contributed by atoms with E-state index >= 15 is 0 Å². The molecular weight excluding hydrogens is 610 g/mol. The van der Waals surface area contributed by atoms with E-state index in [1.165, 1.54) is 35.1 Å². The topological polar surface area (TPSA) is 0 Å². The fourth-order valence-electron chi connectivity index (χ4n) is 6.99. The Balaban J connectivity index is 0.00000153. The van der Waals surface area contributed by atoms with Gasteiger partial charge in [-0.15, -0.1) is 0 Å². The maximum atomic E-state index is 2.59. The summed E-state index contributed by atoms with van der Waals surface area (Å²) in [5.74, 6) is 0. The van der Waals surface area contributed by atoms with Crippen molar-refractivity contribution in [2.45, 2.75) is 60.7 Å². The Morgan fingerprint density at radius 3 is 1.21 bits per heavy atom. The van der Waals surface area contributed by atoms with Crippen molar-refractivity contribution in [2.75, 3.05) is 0 Å². The van der Waals surface area contributed by atoms with E-state index in [4.69, 9.17) is 0 Å². The van der Waals surface area contributed by atoms with Crippen molar-refractivity contribution in [1.29, 1.82) is 0 Å². The first-order valence-electron chi connectivity index (χ1n) is 11.6.